The SMILES string of the molecule is O=C(Cn1nc2ccc(SCc3ccc(Cl)cc3)nn2c1=O)NCc1ccco1. The molecule has 0 bridgehead atoms. The summed E-state index contributed by atoms with van der Waals surface area (Å²) in [7, 11) is 0. The van der Waals surface area contributed by atoms with E-state index in [2.05, 4.69) is 15.5 Å². The number of amides is 1. The standard InChI is InChI=1S/C19H16ClN5O3S/c20-14-5-3-13(4-6-14)12-29-18-8-7-16-22-24(19(27)25(16)23-18)11-17(26)21-10-15-2-1-9-28-15/h1-9H,10-12H2,(H,21,26). The van der Waals surface area contributed by atoms with Gasteiger partial charge in [0.15, 0.2) is 5.65 Å². The van der Waals surface area contributed by atoms with Gasteiger partial charge in [0.2, 0.25) is 5.91 Å². The molecule has 0 fully saturated rings. The van der Waals surface area contributed by atoms with E-state index in [1.54, 1.807) is 24.3 Å². The minimum absolute atomic E-state index is 0.198. The van der Waals surface area contributed by atoms with Gasteiger partial charge in [-0.3, -0.25) is 4.79 Å². The quantitative estimate of drug-likeness (QED) is 0.454. The number of thioether (sulfide) groups is 1. The van der Waals surface area contributed by atoms with Crippen LogP contribution >= 0.6 is 23.4 Å². The number of benzene rings is 1. The second kappa shape index (κ2) is 8.54. The summed E-state index contributed by atoms with van der Waals surface area (Å²) in [6.45, 7) is 0.0494. The predicted molar refractivity (Wildman–Crippen MR) is 109 cm³/mol. The minimum Gasteiger partial charge on any atom is -0.467 e. The van der Waals surface area contributed by atoms with E-state index in [1.807, 2.05) is 24.3 Å². The van der Waals surface area contributed by atoms with Crippen molar-refractivity contribution in [2.75, 3.05) is 0 Å². The number of rotatable bonds is 7. The van der Waals surface area contributed by atoms with Crippen molar-refractivity contribution in [1.29, 1.82) is 0 Å². The first kappa shape index (κ1) is 19.3. The fourth-order valence-corrected chi connectivity index (χ4v) is 3.54. The van der Waals surface area contributed by atoms with Gasteiger partial charge in [0.1, 0.15) is 17.3 Å². The highest BCUT2D eigenvalue weighted by Crippen LogP contribution is 2.21. The summed E-state index contributed by atoms with van der Waals surface area (Å²) in [5.41, 5.74) is 1.00. The molecule has 8 nitrogen and oxygen atoms in total. The molecule has 3 heterocycles. The third kappa shape index (κ3) is 4.69. The Morgan fingerprint density at radius 1 is 1.14 bits per heavy atom. The van der Waals surface area contributed by atoms with Gasteiger partial charge in [-0.15, -0.1) is 5.10 Å². The Morgan fingerprint density at radius 2 is 1.97 bits per heavy atom. The van der Waals surface area contributed by atoms with Gasteiger partial charge in [-0.05, 0) is 42.0 Å². The largest absolute Gasteiger partial charge is 0.467 e. The number of nitrogens with zero attached hydrogens (tertiary/aromatic N) is 4. The second-order valence-corrected chi connectivity index (χ2v) is 7.59. The summed E-state index contributed by atoms with van der Waals surface area (Å²) >= 11 is 7.39. The zero-order chi connectivity index (χ0) is 20.2. The summed E-state index contributed by atoms with van der Waals surface area (Å²) in [4.78, 5) is 24.6. The van der Waals surface area contributed by atoms with Gasteiger partial charge in [0.05, 0.1) is 12.8 Å². The molecule has 0 unspecified atom stereocenters. The molecule has 1 amide bonds. The zero-order valence-corrected chi connectivity index (χ0v) is 16.7. The number of halogens is 1. The van der Waals surface area contributed by atoms with Gasteiger partial charge in [0.25, 0.3) is 0 Å². The molecule has 3 aromatic heterocycles. The molecular formula is C19H16ClN5O3S. The van der Waals surface area contributed by atoms with Crippen LogP contribution in [-0.4, -0.2) is 25.3 Å². The maximum Gasteiger partial charge on any atom is 0.367 e. The molecule has 0 radical (unpaired) electrons. The normalized spacial score (nSPS) is 11.1. The molecule has 0 atom stereocenters. The molecule has 1 aromatic carbocycles. The van der Waals surface area contributed by atoms with Crippen LogP contribution < -0.4 is 11.0 Å². The number of aromatic nitrogens is 4. The minimum atomic E-state index is -0.470. The van der Waals surface area contributed by atoms with E-state index in [0.717, 1.165) is 10.2 Å². The monoisotopic (exact) mass is 429 g/mol. The summed E-state index contributed by atoms with van der Waals surface area (Å²) in [6, 6.07) is 14.5. The van der Waals surface area contributed by atoms with Crippen molar-refractivity contribution in [3.05, 3.63) is 81.6 Å². The van der Waals surface area contributed by atoms with Crippen molar-refractivity contribution in [1.82, 2.24) is 24.7 Å². The van der Waals surface area contributed by atoms with E-state index in [9.17, 15) is 9.59 Å². The van der Waals surface area contributed by atoms with Crippen LogP contribution in [0.1, 0.15) is 11.3 Å². The van der Waals surface area contributed by atoms with Crippen molar-refractivity contribution >= 4 is 34.9 Å². The maximum atomic E-state index is 12.5. The zero-order valence-electron chi connectivity index (χ0n) is 15.1. The smallest absolute Gasteiger partial charge is 0.367 e. The Kier molecular flexibility index (Phi) is 5.68. The van der Waals surface area contributed by atoms with Gasteiger partial charge >= 0.3 is 5.69 Å². The highest BCUT2D eigenvalue weighted by atomic mass is 35.5. The molecule has 0 saturated heterocycles. The van der Waals surface area contributed by atoms with Crippen LogP contribution in [0, 0.1) is 0 Å². The van der Waals surface area contributed by atoms with Crippen molar-refractivity contribution in [3.8, 4) is 0 Å². The van der Waals surface area contributed by atoms with Crippen LogP contribution in [0.15, 0.2) is 69.0 Å². The van der Waals surface area contributed by atoms with Gasteiger partial charge in [-0.25, -0.2) is 9.48 Å². The number of carbonyl (C=O) groups excluding carboxylic acids is 1. The topological polar surface area (TPSA) is 94.4 Å². The predicted octanol–water partition coefficient (Wildman–Crippen LogP) is 2.75. The lowest BCUT2D eigenvalue weighted by molar-refractivity contribution is -0.122. The van der Waals surface area contributed by atoms with Crippen LogP contribution in [0.3, 0.4) is 0 Å². The highest BCUT2D eigenvalue weighted by molar-refractivity contribution is 7.98. The Bertz CT molecular complexity index is 1190. The fourth-order valence-electron chi connectivity index (χ4n) is 2.60. The first-order valence-electron chi connectivity index (χ1n) is 8.72. The number of fused-ring (bicyclic) bond motifs is 1. The second-order valence-electron chi connectivity index (χ2n) is 6.15. The lowest BCUT2D eigenvalue weighted by Crippen LogP contribution is -2.32. The number of carbonyl (C=O) groups is 1. The highest BCUT2D eigenvalue weighted by Gasteiger charge is 2.12. The van der Waals surface area contributed by atoms with Crippen molar-refractivity contribution < 1.29 is 9.21 Å². The van der Waals surface area contributed by atoms with E-state index in [4.69, 9.17) is 16.0 Å². The molecule has 0 aliphatic carbocycles. The molecule has 0 saturated carbocycles. The summed E-state index contributed by atoms with van der Waals surface area (Å²) < 4.78 is 7.45. The molecule has 148 valence electrons. The Morgan fingerprint density at radius 3 is 2.72 bits per heavy atom. The summed E-state index contributed by atoms with van der Waals surface area (Å²) in [5, 5.41) is 12.5. The van der Waals surface area contributed by atoms with Crippen LogP contribution in [0.4, 0.5) is 0 Å². The molecular weight excluding hydrogens is 414 g/mol. The first-order chi connectivity index (χ1) is 14.1. The van der Waals surface area contributed by atoms with E-state index < -0.39 is 5.69 Å². The molecule has 0 aliphatic heterocycles. The van der Waals surface area contributed by atoms with E-state index in [0.29, 0.717) is 27.2 Å². The average molecular weight is 430 g/mol. The number of hydrogen-bond donors (Lipinski definition) is 1. The Labute approximate surface area is 174 Å². The van der Waals surface area contributed by atoms with Gasteiger partial charge in [0, 0.05) is 10.8 Å². The van der Waals surface area contributed by atoms with E-state index >= 15 is 0 Å². The molecule has 0 spiro atoms. The number of nitrogens with one attached hydrogen (secondary N) is 1. The molecule has 4 aromatic rings. The van der Waals surface area contributed by atoms with Crippen molar-refractivity contribution in [2.24, 2.45) is 0 Å². The molecule has 1 N–H and O–H groups in total. The molecule has 29 heavy (non-hydrogen) atoms. The number of hydrogen-bond acceptors (Lipinski definition) is 6. The third-order valence-electron chi connectivity index (χ3n) is 4.05. The lowest BCUT2D eigenvalue weighted by atomic mass is 10.2. The van der Waals surface area contributed by atoms with Gasteiger partial charge in [-0.2, -0.15) is 9.61 Å². The Hall–Kier alpha value is -3.04. The van der Waals surface area contributed by atoms with Crippen molar-refractivity contribution in [3.63, 3.8) is 0 Å². The van der Waals surface area contributed by atoms with Gasteiger partial charge in [-0.1, -0.05) is 35.5 Å². The summed E-state index contributed by atoms with van der Waals surface area (Å²) in [6.07, 6.45) is 1.53. The van der Waals surface area contributed by atoms with Crippen molar-refractivity contribution in [2.45, 2.75) is 23.9 Å². The lowest BCUT2D eigenvalue weighted by Gasteiger charge is -2.02. The van der Waals surface area contributed by atoms with Crippen LogP contribution in [0.2, 0.25) is 5.02 Å². The van der Waals surface area contributed by atoms with Crippen LogP contribution in [0.5, 0.6) is 0 Å². The van der Waals surface area contributed by atoms with Crippen LogP contribution in [0.25, 0.3) is 5.65 Å². The maximum absolute atomic E-state index is 12.5. The van der Waals surface area contributed by atoms with Crippen LogP contribution in [-0.2, 0) is 23.6 Å². The molecule has 4 rings (SSSR count). The molecule has 0 aliphatic rings. The summed E-state index contributed by atoms with van der Waals surface area (Å²) in [5.74, 6) is 0.974. The van der Waals surface area contributed by atoms with E-state index in [-0.39, 0.29) is 19.0 Å². The molecule has 10 heteroatoms. The van der Waals surface area contributed by atoms with Gasteiger partial charge < -0.3 is 9.73 Å². The number of furan rings is 1. The first-order valence-corrected chi connectivity index (χ1v) is 10.1. The Balaban J connectivity index is 1.43. The third-order valence-corrected chi connectivity index (χ3v) is 5.29. The van der Waals surface area contributed by atoms with E-state index in [1.165, 1.54) is 22.5 Å². The fraction of sp³-hybridized carbons (Fsp3) is 0.158. The average Bonchev–Trinajstić information content (AvgIpc) is 3.35.